The van der Waals surface area contributed by atoms with E-state index in [-0.39, 0.29) is 24.8 Å². The van der Waals surface area contributed by atoms with E-state index in [1.807, 2.05) is 6.07 Å². The predicted molar refractivity (Wildman–Crippen MR) is 102 cm³/mol. The van der Waals surface area contributed by atoms with Crippen molar-refractivity contribution in [1.29, 1.82) is 0 Å². The second-order valence-electron chi connectivity index (χ2n) is 8.99. The second-order valence-corrected chi connectivity index (χ2v) is 8.99. The zero-order chi connectivity index (χ0) is 21.6. The highest BCUT2D eigenvalue weighted by Gasteiger charge is 2.68. The van der Waals surface area contributed by atoms with Crippen molar-refractivity contribution in [2.24, 2.45) is 23.0 Å². The third kappa shape index (κ3) is 4.18. The lowest BCUT2D eigenvalue weighted by molar-refractivity contribution is -0.199. The van der Waals surface area contributed by atoms with Gasteiger partial charge in [0.25, 0.3) is 0 Å². The Labute approximate surface area is 168 Å². The van der Waals surface area contributed by atoms with Gasteiger partial charge >= 0.3 is 19.3 Å². The molecule has 9 heteroatoms. The number of benzene rings is 1. The van der Waals surface area contributed by atoms with Crippen molar-refractivity contribution in [2.45, 2.75) is 63.9 Å². The molecule has 1 aromatic rings. The Morgan fingerprint density at radius 1 is 1.28 bits per heavy atom. The molecule has 1 aliphatic heterocycles. The topological polar surface area (TPSA) is 81.8 Å². The van der Waals surface area contributed by atoms with E-state index in [9.17, 15) is 13.2 Å². The lowest BCUT2D eigenvalue weighted by Crippen LogP contribution is -2.65. The molecule has 160 valence electrons. The maximum atomic E-state index is 10.6. The number of alkyl halides is 3. The van der Waals surface area contributed by atoms with Gasteiger partial charge in [-0.15, -0.1) is 0 Å². The first kappa shape index (κ1) is 22.1. The Balaban J connectivity index is 0.000000298. The number of hydrogen-bond acceptors (Lipinski definition) is 4. The van der Waals surface area contributed by atoms with Crippen LogP contribution in [0.4, 0.5) is 13.2 Å². The van der Waals surface area contributed by atoms with Crippen LogP contribution in [0.5, 0.6) is 0 Å². The average Bonchev–Trinajstić information content (AvgIpc) is 2.99. The molecule has 1 aromatic carbocycles. The molecule has 0 spiro atoms. The van der Waals surface area contributed by atoms with Gasteiger partial charge in [-0.25, -0.2) is 4.79 Å². The summed E-state index contributed by atoms with van der Waals surface area (Å²) in [6.07, 6.45) is -1.67. The molecule has 1 saturated heterocycles. The maximum Gasteiger partial charge on any atom is 0.490 e. The van der Waals surface area contributed by atoms with Crippen LogP contribution in [0.15, 0.2) is 30.3 Å². The summed E-state index contributed by atoms with van der Waals surface area (Å²) in [5.41, 5.74) is 7.87. The van der Waals surface area contributed by atoms with Crippen LogP contribution in [0.1, 0.15) is 39.2 Å². The molecule has 5 rings (SSSR count). The van der Waals surface area contributed by atoms with E-state index in [2.05, 4.69) is 45.0 Å². The molecule has 3 saturated carbocycles. The normalized spacial score (nSPS) is 33.1. The van der Waals surface area contributed by atoms with Crippen LogP contribution in [0.3, 0.4) is 0 Å². The Kier molecular flexibility index (Phi) is 5.79. The Morgan fingerprint density at radius 2 is 1.86 bits per heavy atom. The highest BCUT2D eigenvalue weighted by molar-refractivity contribution is 6.47. The van der Waals surface area contributed by atoms with E-state index in [0.717, 1.165) is 18.8 Å². The summed E-state index contributed by atoms with van der Waals surface area (Å²) in [6.45, 7) is 7.01. The molecule has 5 nitrogen and oxygen atoms in total. The van der Waals surface area contributed by atoms with Crippen molar-refractivity contribution in [3.8, 4) is 0 Å². The lowest BCUT2D eigenvalue weighted by Gasteiger charge is -2.64. The van der Waals surface area contributed by atoms with Crippen molar-refractivity contribution < 1.29 is 32.4 Å². The lowest BCUT2D eigenvalue weighted by atomic mass is 9.43. The summed E-state index contributed by atoms with van der Waals surface area (Å²) >= 11 is 0. The van der Waals surface area contributed by atoms with Crippen LogP contribution in [0.25, 0.3) is 0 Å². The van der Waals surface area contributed by atoms with Gasteiger partial charge in [-0.05, 0) is 49.0 Å². The maximum absolute atomic E-state index is 10.6. The van der Waals surface area contributed by atoms with E-state index in [1.165, 1.54) is 12.0 Å². The molecule has 2 bridgehead atoms. The quantitative estimate of drug-likeness (QED) is 0.742. The van der Waals surface area contributed by atoms with Crippen molar-refractivity contribution in [2.75, 3.05) is 0 Å². The third-order valence-corrected chi connectivity index (χ3v) is 6.88. The van der Waals surface area contributed by atoms with Crippen LogP contribution < -0.4 is 5.73 Å². The number of halogens is 3. The van der Waals surface area contributed by atoms with Gasteiger partial charge < -0.3 is 20.1 Å². The van der Waals surface area contributed by atoms with Gasteiger partial charge in [0.1, 0.15) is 0 Å². The van der Waals surface area contributed by atoms with E-state index < -0.39 is 12.1 Å². The number of hydrogen-bond donors (Lipinski definition) is 2. The molecule has 3 N–H and O–H groups in total. The molecule has 0 amide bonds. The number of nitrogens with two attached hydrogens (primary N) is 1. The fraction of sp³-hybridized carbons (Fsp3) is 0.650. The largest absolute Gasteiger partial charge is 0.490 e. The highest BCUT2D eigenvalue weighted by Crippen LogP contribution is 2.65. The first-order valence-corrected chi connectivity index (χ1v) is 9.78. The SMILES string of the molecule is CC1(C)[C@@H]2C[C@H]3OB(C(N)Cc4ccccc4)O[C@@]3(C)[C@H]1C2.O=C(O)C(F)(F)F. The van der Waals surface area contributed by atoms with E-state index in [4.69, 9.17) is 24.9 Å². The van der Waals surface area contributed by atoms with E-state index >= 15 is 0 Å². The van der Waals surface area contributed by atoms with Crippen LogP contribution in [0.2, 0.25) is 0 Å². The second kappa shape index (κ2) is 7.59. The Hall–Kier alpha value is -1.58. The molecule has 1 unspecified atom stereocenters. The molecule has 0 radical (unpaired) electrons. The van der Waals surface area contributed by atoms with Gasteiger partial charge in [-0.3, -0.25) is 0 Å². The van der Waals surface area contributed by atoms with Gasteiger partial charge in [0, 0.05) is 5.94 Å². The van der Waals surface area contributed by atoms with Crippen LogP contribution in [-0.2, 0) is 20.5 Å². The zero-order valence-electron chi connectivity index (χ0n) is 16.8. The fourth-order valence-corrected chi connectivity index (χ4v) is 5.06. The van der Waals surface area contributed by atoms with Crippen LogP contribution in [0, 0.1) is 17.3 Å². The number of carboxylic acid groups (broad SMARTS) is 1. The van der Waals surface area contributed by atoms with Crippen molar-refractivity contribution in [3.05, 3.63) is 35.9 Å². The minimum atomic E-state index is -5.08. The van der Waals surface area contributed by atoms with Gasteiger partial charge in [-0.2, -0.15) is 13.2 Å². The van der Waals surface area contributed by atoms with Gasteiger partial charge in [0.15, 0.2) is 0 Å². The number of carbonyl (C=O) groups is 1. The molecule has 4 fully saturated rings. The van der Waals surface area contributed by atoms with Crippen LogP contribution in [-0.4, -0.2) is 42.0 Å². The molecule has 29 heavy (non-hydrogen) atoms. The van der Waals surface area contributed by atoms with Crippen molar-refractivity contribution >= 4 is 13.1 Å². The summed E-state index contributed by atoms with van der Waals surface area (Å²) in [4.78, 5) is 8.90. The molecular formula is C20H27BF3NO4. The monoisotopic (exact) mass is 413 g/mol. The van der Waals surface area contributed by atoms with Crippen LogP contribution >= 0.6 is 0 Å². The number of aliphatic carboxylic acids is 1. The van der Waals surface area contributed by atoms with Gasteiger partial charge in [0.2, 0.25) is 0 Å². The minimum absolute atomic E-state index is 0.106. The van der Waals surface area contributed by atoms with Gasteiger partial charge in [-0.1, -0.05) is 44.2 Å². The molecule has 3 aliphatic carbocycles. The molecule has 1 heterocycles. The molecule has 4 aliphatic rings. The highest BCUT2D eigenvalue weighted by atomic mass is 19.4. The number of carboxylic acids is 1. The molecule has 5 atom stereocenters. The summed E-state index contributed by atoms with van der Waals surface area (Å²) in [5, 5.41) is 7.12. The summed E-state index contributed by atoms with van der Waals surface area (Å²) in [7, 11) is -0.273. The zero-order valence-corrected chi connectivity index (χ0v) is 16.8. The fourth-order valence-electron chi connectivity index (χ4n) is 5.06. The smallest absolute Gasteiger partial charge is 0.475 e. The minimum Gasteiger partial charge on any atom is -0.475 e. The van der Waals surface area contributed by atoms with E-state index in [0.29, 0.717) is 11.3 Å². The standard InChI is InChI=1S/C18H26BNO2.C2HF3O2/c1-17(2)13-10-14(17)18(3)15(11-13)21-19(22-18)16(20)9-12-7-5-4-6-8-12;3-2(4,5)1(6)7/h4-8,13-16H,9-11,20H2,1-3H3;(H,6,7)/t13-,14-,15+,16?,18-;/m0./s1. The first-order valence-electron chi connectivity index (χ1n) is 9.78. The average molecular weight is 413 g/mol. The summed E-state index contributed by atoms with van der Waals surface area (Å²) in [6, 6.07) is 10.4. The first-order chi connectivity index (χ1) is 13.4. The summed E-state index contributed by atoms with van der Waals surface area (Å²) in [5.74, 6) is -1.49. The van der Waals surface area contributed by atoms with Crippen molar-refractivity contribution in [1.82, 2.24) is 0 Å². The predicted octanol–water partition coefficient (Wildman–Crippen LogP) is 3.46. The molecule has 0 aromatic heterocycles. The Morgan fingerprint density at radius 3 is 2.38 bits per heavy atom. The third-order valence-electron chi connectivity index (χ3n) is 6.88. The molecular weight excluding hydrogens is 386 g/mol. The number of rotatable bonds is 3. The summed E-state index contributed by atoms with van der Waals surface area (Å²) < 4.78 is 44.4. The van der Waals surface area contributed by atoms with E-state index in [1.54, 1.807) is 0 Å². The van der Waals surface area contributed by atoms with Crippen molar-refractivity contribution in [3.63, 3.8) is 0 Å². The Bertz CT molecular complexity index is 745. The van der Waals surface area contributed by atoms with Gasteiger partial charge in [0.05, 0.1) is 11.7 Å².